The number of carbonyl (C=O) groups is 1. The van der Waals surface area contributed by atoms with Gasteiger partial charge in [0.25, 0.3) is 0 Å². The van der Waals surface area contributed by atoms with E-state index in [0.717, 1.165) is 21.6 Å². The van der Waals surface area contributed by atoms with Crippen LogP contribution < -0.4 is 0 Å². The van der Waals surface area contributed by atoms with Gasteiger partial charge >= 0.3 is 0 Å². The summed E-state index contributed by atoms with van der Waals surface area (Å²) in [6.07, 6.45) is 0. The van der Waals surface area contributed by atoms with Crippen LogP contribution in [-0.4, -0.2) is 5.78 Å². The zero-order chi connectivity index (χ0) is 9.71. The van der Waals surface area contributed by atoms with Crippen molar-refractivity contribution in [2.24, 2.45) is 0 Å². The summed E-state index contributed by atoms with van der Waals surface area (Å²) in [4.78, 5) is 12.9. The summed E-state index contributed by atoms with van der Waals surface area (Å²) in [5.41, 5.74) is 2.43. The van der Waals surface area contributed by atoms with Gasteiger partial charge in [-0.3, -0.25) is 4.79 Å². The van der Waals surface area contributed by atoms with E-state index in [9.17, 15) is 4.79 Å². The van der Waals surface area contributed by atoms with Crippen molar-refractivity contribution in [2.75, 3.05) is 0 Å². The summed E-state index contributed by atoms with van der Waals surface area (Å²) < 4.78 is 0. The van der Waals surface area contributed by atoms with Crippen LogP contribution in [0.5, 0.6) is 0 Å². The molecule has 0 saturated heterocycles. The van der Waals surface area contributed by atoms with E-state index in [1.54, 1.807) is 11.3 Å². The number of hydrogen-bond acceptors (Lipinski definition) is 2. The van der Waals surface area contributed by atoms with Crippen LogP contribution in [0.1, 0.15) is 15.9 Å². The zero-order valence-electron chi connectivity index (χ0n) is 7.08. The Morgan fingerprint density at radius 3 is 2.86 bits per heavy atom. The van der Waals surface area contributed by atoms with Crippen molar-refractivity contribution < 1.29 is 4.79 Å². The number of hydrogen-bond donors (Lipinski definition) is 0. The van der Waals surface area contributed by atoms with Crippen LogP contribution >= 0.6 is 22.9 Å². The molecule has 1 aliphatic carbocycles. The second-order valence-corrected chi connectivity index (χ2v) is 4.48. The van der Waals surface area contributed by atoms with Crippen LogP contribution in [0.25, 0.3) is 10.4 Å². The monoisotopic (exact) mass is 220 g/mol. The standard InChI is InChI=1S/C11H5ClOS/c12-8-3-1-2-6-9(8)11-7(10(6)13)4-5-14-11/h1-5H. The molecule has 0 bridgehead atoms. The van der Waals surface area contributed by atoms with Crippen molar-refractivity contribution >= 4 is 28.7 Å². The van der Waals surface area contributed by atoms with Crippen LogP contribution in [0.4, 0.5) is 0 Å². The van der Waals surface area contributed by atoms with Gasteiger partial charge in [0.2, 0.25) is 0 Å². The maximum Gasteiger partial charge on any atom is 0.195 e. The zero-order valence-corrected chi connectivity index (χ0v) is 8.65. The highest BCUT2D eigenvalue weighted by molar-refractivity contribution is 7.14. The Morgan fingerprint density at radius 2 is 2.00 bits per heavy atom. The minimum atomic E-state index is 0.0961. The topological polar surface area (TPSA) is 17.1 Å². The number of halogens is 1. The molecule has 14 heavy (non-hydrogen) atoms. The quantitative estimate of drug-likeness (QED) is 0.566. The Morgan fingerprint density at radius 1 is 1.14 bits per heavy atom. The first-order valence-corrected chi connectivity index (χ1v) is 5.46. The van der Waals surface area contributed by atoms with Crippen LogP contribution in [0.3, 0.4) is 0 Å². The molecule has 3 heteroatoms. The lowest BCUT2D eigenvalue weighted by atomic mass is 10.1. The van der Waals surface area contributed by atoms with E-state index in [0.29, 0.717) is 5.02 Å². The summed E-state index contributed by atoms with van der Waals surface area (Å²) in [5, 5.41) is 2.59. The normalized spacial score (nSPS) is 12.8. The molecule has 1 heterocycles. The predicted molar refractivity (Wildman–Crippen MR) is 58.2 cm³/mol. The van der Waals surface area contributed by atoms with Gasteiger partial charge < -0.3 is 0 Å². The molecule has 3 rings (SSSR count). The van der Waals surface area contributed by atoms with Gasteiger partial charge in [-0.05, 0) is 17.5 Å². The van der Waals surface area contributed by atoms with Gasteiger partial charge in [-0.25, -0.2) is 0 Å². The molecule has 0 amide bonds. The first-order chi connectivity index (χ1) is 6.79. The average Bonchev–Trinajstić information content (AvgIpc) is 2.72. The molecule has 0 N–H and O–H groups in total. The van der Waals surface area contributed by atoms with E-state index in [1.165, 1.54) is 0 Å². The molecule has 1 nitrogen and oxygen atoms in total. The third kappa shape index (κ3) is 0.873. The van der Waals surface area contributed by atoms with Gasteiger partial charge in [0.1, 0.15) is 0 Å². The predicted octanol–water partition coefficient (Wildman–Crippen LogP) is 3.61. The van der Waals surface area contributed by atoms with Crippen molar-refractivity contribution in [3.63, 3.8) is 0 Å². The van der Waals surface area contributed by atoms with Gasteiger partial charge in [0.05, 0.1) is 0 Å². The first-order valence-electron chi connectivity index (χ1n) is 4.20. The van der Waals surface area contributed by atoms with Crippen LogP contribution in [0.2, 0.25) is 5.02 Å². The molecule has 0 atom stereocenters. The Kier molecular flexibility index (Phi) is 1.58. The van der Waals surface area contributed by atoms with E-state index in [2.05, 4.69) is 0 Å². The molecule has 0 aliphatic heterocycles. The number of benzene rings is 1. The van der Waals surface area contributed by atoms with Crippen LogP contribution in [0, 0.1) is 0 Å². The average molecular weight is 221 g/mol. The number of rotatable bonds is 0. The second-order valence-electron chi connectivity index (χ2n) is 3.15. The van der Waals surface area contributed by atoms with E-state index >= 15 is 0 Å². The summed E-state index contributed by atoms with van der Waals surface area (Å²) in [5.74, 6) is 0.0961. The fourth-order valence-electron chi connectivity index (χ4n) is 1.77. The van der Waals surface area contributed by atoms with Crippen LogP contribution in [0.15, 0.2) is 29.6 Å². The highest BCUT2D eigenvalue weighted by atomic mass is 35.5. The second kappa shape index (κ2) is 2.69. The molecule has 0 spiro atoms. The number of carbonyl (C=O) groups excluding carboxylic acids is 1. The molecule has 0 saturated carbocycles. The molecule has 1 aliphatic rings. The van der Waals surface area contributed by atoms with Gasteiger partial charge in [-0.15, -0.1) is 11.3 Å². The fourth-order valence-corrected chi connectivity index (χ4v) is 3.06. The van der Waals surface area contributed by atoms with E-state index in [1.807, 2.05) is 29.6 Å². The Bertz CT molecular complexity index is 542. The molecule has 0 fully saturated rings. The third-order valence-electron chi connectivity index (χ3n) is 2.40. The van der Waals surface area contributed by atoms with E-state index in [4.69, 9.17) is 11.6 Å². The Labute approximate surface area is 90.0 Å². The molecule has 0 radical (unpaired) electrons. The van der Waals surface area contributed by atoms with Crippen molar-refractivity contribution in [1.29, 1.82) is 0 Å². The summed E-state index contributed by atoms with van der Waals surface area (Å²) in [7, 11) is 0. The number of ketones is 1. The molecule has 68 valence electrons. The lowest BCUT2D eigenvalue weighted by molar-refractivity contribution is 0.104. The fraction of sp³-hybridized carbons (Fsp3) is 0. The highest BCUT2D eigenvalue weighted by Crippen LogP contribution is 2.43. The molecule has 2 aromatic rings. The molecule has 1 aromatic carbocycles. The summed E-state index contributed by atoms with van der Waals surface area (Å²) in [6, 6.07) is 7.33. The number of thiophene rings is 1. The van der Waals surface area contributed by atoms with Gasteiger partial charge in [-0.2, -0.15) is 0 Å². The van der Waals surface area contributed by atoms with Crippen LogP contribution in [-0.2, 0) is 0 Å². The largest absolute Gasteiger partial charge is 0.289 e. The molecular weight excluding hydrogens is 216 g/mol. The molecule has 1 aromatic heterocycles. The third-order valence-corrected chi connectivity index (χ3v) is 3.64. The number of fused-ring (bicyclic) bond motifs is 3. The summed E-state index contributed by atoms with van der Waals surface area (Å²) in [6.45, 7) is 0. The lowest BCUT2D eigenvalue weighted by Gasteiger charge is -1.99. The minimum Gasteiger partial charge on any atom is -0.289 e. The maximum absolute atomic E-state index is 11.8. The minimum absolute atomic E-state index is 0.0961. The van der Waals surface area contributed by atoms with E-state index in [-0.39, 0.29) is 5.78 Å². The SMILES string of the molecule is O=C1c2ccsc2-c2c(Cl)cccc21. The maximum atomic E-state index is 11.8. The Balaban J connectivity index is 2.46. The van der Waals surface area contributed by atoms with Gasteiger partial charge in [-0.1, -0.05) is 23.7 Å². The highest BCUT2D eigenvalue weighted by Gasteiger charge is 2.29. The van der Waals surface area contributed by atoms with Crippen molar-refractivity contribution in [3.05, 3.63) is 45.8 Å². The molecular formula is C11H5ClOS. The van der Waals surface area contributed by atoms with E-state index < -0.39 is 0 Å². The first kappa shape index (κ1) is 8.21. The van der Waals surface area contributed by atoms with Crippen molar-refractivity contribution in [1.82, 2.24) is 0 Å². The molecule has 0 unspecified atom stereocenters. The van der Waals surface area contributed by atoms with Crippen molar-refractivity contribution in [2.45, 2.75) is 0 Å². The van der Waals surface area contributed by atoms with Gasteiger partial charge in [0.15, 0.2) is 5.78 Å². The van der Waals surface area contributed by atoms with Gasteiger partial charge in [0, 0.05) is 26.6 Å². The van der Waals surface area contributed by atoms with Crippen molar-refractivity contribution in [3.8, 4) is 10.4 Å². The smallest absolute Gasteiger partial charge is 0.195 e. The lowest BCUT2D eigenvalue weighted by Crippen LogP contribution is -1.93. The Hall–Kier alpha value is -1.12. The summed E-state index contributed by atoms with van der Waals surface area (Å²) >= 11 is 7.64.